The summed E-state index contributed by atoms with van der Waals surface area (Å²) in [5.74, 6) is -0.358. The van der Waals surface area contributed by atoms with Crippen molar-refractivity contribution in [2.24, 2.45) is 0 Å². The van der Waals surface area contributed by atoms with Gasteiger partial charge in [0, 0.05) is 37.6 Å². The molecule has 1 N–H and O–H groups in total. The van der Waals surface area contributed by atoms with E-state index in [1.54, 1.807) is 19.1 Å². The van der Waals surface area contributed by atoms with Gasteiger partial charge in [-0.1, -0.05) is 6.07 Å². The predicted molar refractivity (Wildman–Crippen MR) is 131 cm³/mol. The molecule has 9 heteroatoms. The molecule has 1 saturated heterocycles. The molecule has 2 aromatic carbocycles. The van der Waals surface area contributed by atoms with Crippen molar-refractivity contribution in [2.45, 2.75) is 20.8 Å². The van der Waals surface area contributed by atoms with E-state index in [4.69, 9.17) is 9.47 Å². The number of hydrogen-bond acceptors (Lipinski definition) is 8. The second-order valence-electron chi connectivity index (χ2n) is 8.31. The van der Waals surface area contributed by atoms with E-state index in [1.165, 1.54) is 6.07 Å². The van der Waals surface area contributed by atoms with Crippen LogP contribution in [-0.4, -0.2) is 67.5 Å². The van der Waals surface area contributed by atoms with Crippen LogP contribution in [0, 0.1) is 12.7 Å². The molecule has 0 spiro atoms. The number of nitrogens with zero attached hydrogens (tertiary/aromatic N) is 4. The minimum absolute atomic E-state index is 0.00347. The molecule has 3 aromatic rings. The van der Waals surface area contributed by atoms with Gasteiger partial charge in [-0.2, -0.15) is 0 Å². The zero-order chi connectivity index (χ0) is 24.2. The summed E-state index contributed by atoms with van der Waals surface area (Å²) in [6.07, 6.45) is 0. The van der Waals surface area contributed by atoms with Crippen molar-refractivity contribution in [1.82, 2.24) is 15.1 Å². The summed E-state index contributed by atoms with van der Waals surface area (Å²) in [4.78, 5) is 17.3. The van der Waals surface area contributed by atoms with E-state index >= 15 is 0 Å². The van der Waals surface area contributed by atoms with Crippen LogP contribution in [0.1, 0.15) is 29.9 Å². The lowest BCUT2D eigenvalue weighted by Gasteiger charge is -2.35. The van der Waals surface area contributed by atoms with E-state index in [2.05, 4.69) is 32.4 Å². The van der Waals surface area contributed by atoms with E-state index in [0.29, 0.717) is 28.9 Å². The third-order valence-electron chi connectivity index (χ3n) is 5.84. The van der Waals surface area contributed by atoms with Crippen molar-refractivity contribution in [1.29, 1.82) is 0 Å². The maximum Gasteiger partial charge on any atom is 0.361 e. The number of nitrogens with one attached hydrogen (secondary N) is 1. The molecule has 0 saturated carbocycles. The number of rotatable bonds is 7. The van der Waals surface area contributed by atoms with Gasteiger partial charge in [0.05, 0.1) is 35.8 Å². The van der Waals surface area contributed by atoms with Crippen molar-refractivity contribution >= 4 is 33.9 Å². The summed E-state index contributed by atoms with van der Waals surface area (Å²) in [6, 6.07) is 8.54. The zero-order valence-electron chi connectivity index (χ0n) is 20.0. The van der Waals surface area contributed by atoms with Gasteiger partial charge in [-0.25, -0.2) is 9.18 Å². The highest BCUT2D eigenvalue weighted by Crippen LogP contribution is 2.38. The van der Waals surface area contributed by atoms with Crippen LogP contribution in [0.15, 0.2) is 30.3 Å². The smallest absolute Gasteiger partial charge is 0.361 e. The quantitative estimate of drug-likeness (QED) is 0.519. The number of fused-ring (bicyclic) bond motifs is 1. The first-order chi connectivity index (χ1) is 16.4. The van der Waals surface area contributed by atoms with Crippen LogP contribution in [0.25, 0.3) is 10.9 Å². The Balaban J connectivity index is 1.90. The summed E-state index contributed by atoms with van der Waals surface area (Å²) >= 11 is 0. The number of carbonyl (C=O) groups excluding carboxylic acids is 1. The largest absolute Gasteiger partial charge is 0.492 e. The maximum absolute atomic E-state index is 14.7. The molecule has 180 valence electrons. The number of piperazine rings is 1. The van der Waals surface area contributed by atoms with Crippen LogP contribution in [-0.2, 0) is 4.74 Å². The molecule has 2 heterocycles. The second-order valence-corrected chi connectivity index (χ2v) is 8.31. The molecule has 0 atom stereocenters. The van der Waals surface area contributed by atoms with Crippen molar-refractivity contribution < 1.29 is 18.7 Å². The normalized spacial score (nSPS) is 14.3. The topological polar surface area (TPSA) is 79.8 Å². The third-order valence-corrected chi connectivity index (χ3v) is 5.84. The summed E-state index contributed by atoms with van der Waals surface area (Å²) < 4.78 is 25.8. The van der Waals surface area contributed by atoms with E-state index in [0.717, 1.165) is 37.4 Å². The van der Waals surface area contributed by atoms with Crippen LogP contribution in [0.3, 0.4) is 0 Å². The maximum atomic E-state index is 14.7. The fourth-order valence-electron chi connectivity index (χ4n) is 4.03. The number of halogens is 1. The monoisotopic (exact) mass is 467 g/mol. The van der Waals surface area contributed by atoms with E-state index in [9.17, 15) is 9.18 Å². The highest BCUT2D eigenvalue weighted by atomic mass is 19.1. The molecule has 0 unspecified atom stereocenters. The molecular weight excluding hydrogens is 437 g/mol. The third kappa shape index (κ3) is 4.89. The van der Waals surface area contributed by atoms with Crippen LogP contribution in [0.2, 0.25) is 0 Å². The average molecular weight is 468 g/mol. The molecule has 1 aromatic heterocycles. The van der Waals surface area contributed by atoms with Crippen LogP contribution < -0.4 is 15.0 Å². The minimum atomic E-state index is -0.623. The fourth-order valence-corrected chi connectivity index (χ4v) is 4.03. The molecule has 1 aliphatic rings. The van der Waals surface area contributed by atoms with Crippen LogP contribution in [0.5, 0.6) is 5.75 Å². The van der Waals surface area contributed by atoms with Gasteiger partial charge in [0.1, 0.15) is 11.6 Å². The minimum Gasteiger partial charge on any atom is -0.492 e. The number of likely N-dealkylation sites (N-methyl/N-ethyl adjacent to an activating group) is 1. The number of esters is 1. The Morgan fingerprint density at radius 3 is 2.56 bits per heavy atom. The Bertz CT molecular complexity index is 1190. The van der Waals surface area contributed by atoms with Gasteiger partial charge in [0.2, 0.25) is 0 Å². The molecule has 34 heavy (non-hydrogen) atoms. The Morgan fingerprint density at radius 2 is 1.85 bits per heavy atom. The molecule has 1 aliphatic heterocycles. The number of ether oxygens (including phenoxy) is 2. The van der Waals surface area contributed by atoms with E-state index in [1.807, 2.05) is 26.0 Å². The van der Waals surface area contributed by atoms with Gasteiger partial charge >= 0.3 is 5.97 Å². The molecule has 8 nitrogen and oxygen atoms in total. The van der Waals surface area contributed by atoms with E-state index < -0.39 is 11.8 Å². The van der Waals surface area contributed by atoms with Crippen LogP contribution in [0.4, 0.5) is 21.5 Å². The number of anilines is 3. The average Bonchev–Trinajstić information content (AvgIpc) is 2.82. The van der Waals surface area contributed by atoms with Gasteiger partial charge in [-0.15, -0.1) is 10.2 Å². The first-order valence-corrected chi connectivity index (χ1v) is 11.5. The van der Waals surface area contributed by atoms with Crippen molar-refractivity contribution in [3.05, 3.63) is 47.4 Å². The molecule has 0 radical (unpaired) electrons. The number of aryl methyl sites for hydroxylation is 1. The lowest BCUT2D eigenvalue weighted by Crippen LogP contribution is -2.44. The van der Waals surface area contributed by atoms with Gasteiger partial charge in [-0.05, 0) is 51.6 Å². The fraction of sp³-hybridized carbons (Fsp3) is 0.400. The molecule has 0 bridgehead atoms. The number of aromatic nitrogens is 2. The second kappa shape index (κ2) is 10.2. The van der Waals surface area contributed by atoms with Gasteiger partial charge in [0.15, 0.2) is 5.69 Å². The molecule has 4 rings (SSSR count). The van der Waals surface area contributed by atoms with Crippen LogP contribution >= 0.6 is 0 Å². The Morgan fingerprint density at radius 1 is 1.09 bits per heavy atom. The van der Waals surface area contributed by atoms with Gasteiger partial charge in [-0.3, -0.25) is 0 Å². The summed E-state index contributed by atoms with van der Waals surface area (Å²) in [5.41, 5.74) is 2.91. The highest BCUT2D eigenvalue weighted by Gasteiger charge is 2.24. The Labute approximate surface area is 198 Å². The molecule has 1 fully saturated rings. The van der Waals surface area contributed by atoms with Crippen molar-refractivity contribution in [3.8, 4) is 5.75 Å². The molecular formula is C25H30FN5O3. The SMILES string of the molecule is CCOC(=O)c1nnc2cc(OCC)c(N3CCN(C)CC3)cc2c1Nc1cc(C)ccc1F. The van der Waals surface area contributed by atoms with Gasteiger partial charge in [0.25, 0.3) is 0 Å². The van der Waals surface area contributed by atoms with Crippen molar-refractivity contribution in [3.63, 3.8) is 0 Å². The number of carbonyl (C=O) groups is 1. The highest BCUT2D eigenvalue weighted by molar-refractivity contribution is 6.06. The van der Waals surface area contributed by atoms with Gasteiger partial charge < -0.3 is 24.6 Å². The molecule has 0 amide bonds. The first kappa shape index (κ1) is 23.7. The Kier molecular flexibility index (Phi) is 7.12. The summed E-state index contributed by atoms with van der Waals surface area (Å²) in [6.45, 7) is 9.73. The summed E-state index contributed by atoms with van der Waals surface area (Å²) in [5, 5.41) is 12.2. The lowest BCUT2D eigenvalue weighted by atomic mass is 10.1. The standard InChI is InChI=1S/C25H30FN5O3/c1-5-33-22-15-19-17(14-21(22)31-11-9-30(4)10-12-31)23(24(29-28-19)25(32)34-6-2)27-20-13-16(3)7-8-18(20)26/h7-8,13-15H,5-6,9-12H2,1-4H3,(H,27,28). The zero-order valence-corrected chi connectivity index (χ0v) is 20.0. The Hall–Kier alpha value is -3.46. The van der Waals surface area contributed by atoms with Crippen molar-refractivity contribution in [2.75, 3.05) is 56.7 Å². The molecule has 0 aliphatic carbocycles. The lowest BCUT2D eigenvalue weighted by molar-refractivity contribution is 0.0519. The number of hydrogen-bond donors (Lipinski definition) is 1. The first-order valence-electron chi connectivity index (χ1n) is 11.5. The van der Waals surface area contributed by atoms with E-state index in [-0.39, 0.29) is 18.0 Å². The predicted octanol–water partition coefficient (Wildman–Crippen LogP) is 4.15. The summed E-state index contributed by atoms with van der Waals surface area (Å²) in [7, 11) is 2.10. The number of benzene rings is 2.